The Balaban J connectivity index is 2.00. The highest BCUT2D eigenvalue weighted by Crippen LogP contribution is 2.42. The normalized spacial score (nSPS) is 16.2. The van der Waals surface area contributed by atoms with Gasteiger partial charge in [-0.15, -0.1) is 0 Å². The van der Waals surface area contributed by atoms with Gasteiger partial charge in [0.1, 0.15) is 0 Å². The van der Waals surface area contributed by atoms with E-state index in [0.29, 0.717) is 0 Å². The smallest absolute Gasteiger partial charge is 0.0973 e. The molecule has 26 heavy (non-hydrogen) atoms. The Kier molecular flexibility index (Phi) is 5.14. The Morgan fingerprint density at radius 3 is 1.50 bits per heavy atom. The maximum atomic E-state index is 3.56. The van der Waals surface area contributed by atoms with Gasteiger partial charge in [0, 0.05) is 19.6 Å². The van der Waals surface area contributed by atoms with E-state index in [0.717, 1.165) is 32.6 Å². The molecule has 132 valence electrons. The topological polar surface area (TPSA) is 15.3 Å². The van der Waals surface area contributed by atoms with Crippen molar-refractivity contribution >= 4 is 0 Å². The minimum absolute atomic E-state index is 0.268. The van der Waals surface area contributed by atoms with Gasteiger partial charge in [-0.2, -0.15) is 0 Å². The molecule has 1 aliphatic rings. The van der Waals surface area contributed by atoms with E-state index in [9.17, 15) is 0 Å². The molecule has 0 radical (unpaired) electrons. The van der Waals surface area contributed by atoms with Crippen LogP contribution in [0.1, 0.15) is 23.1 Å². The molecule has 0 saturated carbocycles. The summed E-state index contributed by atoms with van der Waals surface area (Å²) in [7, 11) is 0. The van der Waals surface area contributed by atoms with Crippen molar-refractivity contribution in [1.82, 2.24) is 10.2 Å². The zero-order valence-electron chi connectivity index (χ0n) is 15.1. The second-order valence-electron chi connectivity index (χ2n) is 6.90. The van der Waals surface area contributed by atoms with Gasteiger partial charge in [-0.05, 0) is 29.7 Å². The number of hydrogen-bond donors (Lipinski definition) is 1. The molecule has 1 N–H and O–H groups in total. The van der Waals surface area contributed by atoms with Gasteiger partial charge >= 0.3 is 0 Å². The Bertz CT molecular complexity index is 695. The molecule has 1 saturated heterocycles. The number of rotatable bonds is 4. The molecule has 1 aliphatic heterocycles. The molecule has 0 aromatic heterocycles. The second kappa shape index (κ2) is 7.86. The molecule has 0 amide bonds. The maximum absolute atomic E-state index is 3.56. The average molecular weight is 342 g/mol. The van der Waals surface area contributed by atoms with Crippen molar-refractivity contribution < 1.29 is 0 Å². The van der Waals surface area contributed by atoms with Gasteiger partial charge < -0.3 is 5.32 Å². The number of benzene rings is 3. The molecule has 1 fully saturated rings. The molecule has 3 aromatic carbocycles. The van der Waals surface area contributed by atoms with E-state index in [1.807, 2.05) is 0 Å². The van der Waals surface area contributed by atoms with Crippen molar-refractivity contribution in [2.45, 2.75) is 12.0 Å². The van der Waals surface area contributed by atoms with E-state index < -0.39 is 0 Å². The van der Waals surface area contributed by atoms with E-state index in [2.05, 4.69) is 101 Å². The predicted molar refractivity (Wildman–Crippen MR) is 108 cm³/mol. The zero-order chi connectivity index (χ0) is 17.7. The molecule has 1 heterocycles. The number of nitrogens with zero attached hydrogens (tertiary/aromatic N) is 1. The van der Waals surface area contributed by atoms with Crippen molar-refractivity contribution in [2.75, 3.05) is 26.2 Å². The third kappa shape index (κ3) is 3.07. The van der Waals surface area contributed by atoms with Gasteiger partial charge in [0.25, 0.3) is 0 Å². The van der Waals surface area contributed by atoms with E-state index in [4.69, 9.17) is 0 Å². The summed E-state index contributed by atoms with van der Waals surface area (Å²) in [6.45, 7) is 4.21. The third-order valence-electron chi connectivity index (χ3n) is 5.39. The lowest BCUT2D eigenvalue weighted by Crippen LogP contribution is -2.49. The van der Waals surface area contributed by atoms with E-state index >= 15 is 0 Å². The summed E-state index contributed by atoms with van der Waals surface area (Å²) in [6, 6.07) is 32.9. The molecule has 2 nitrogen and oxygen atoms in total. The lowest BCUT2D eigenvalue weighted by molar-refractivity contribution is 0.168. The molecular formula is C24H26N2. The summed E-state index contributed by atoms with van der Waals surface area (Å²) in [5.74, 6) is 0. The van der Waals surface area contributed by atoms with Crippen molar-refractivity contribution in [1.29, 1.82) is 0 Å². The largest absolute Gasteiger partial charge is 0.315 e. The summed E-state index contributed by atoms with van der Waals surface area (Å²) in [6.07, 6.45) is 1.16. The molecule has 0 aliphatic carbocycles. The van der Waals surface area contributed by atoms with Crippen LogP contribution in [0.15, 0.2) is 91.0 Å². The third-order valence-corrected chi connectivity index (χ3v) is 5.39. The summed E-state index contributed by atoms with van der Waals surface area (Å²) in [4.78, 5) is 2.66. The van der Waals surface area contributed by atoms with Crippen LogP contribution >= 0.6 is 0 Å². The van der Waals surface area contributed by atoms with Gasteiger partial charge in [-0.1, -0.05) is 91.0 Å². The van der Waals surface area contributed by atoms with Gasteiger partial charge in [0.05, 0.1) is 5.54 Å². The minimum atomic E-state index is -0.268. The standard InChI is InChI=1S/C24H26N2/c1-4-11-21(12-5-1)24(22-13-6-2-7-14-22,23-15-8-3-9-16-23)26-19-10-17-25-18-20-26/h1-9,11-16,25H,10,17-20H2. The van der Waals surface area contributed by atoms with Gasteiger partial charge in [0.15, 0.2) is 0 Å². The Labute approximate surface area is 156 Å². The van der Waals surface area contributed by atoms with Gasteiger partial charge in [0.2, 0.25) is 0 Å². The molecule has 0 bridgehead atoms. The van der Waals surface area contributed by atoms with Crippen LogP contribution < -0.4 is 5.32 Å². The fourth-order valence-electron chi connectivity index (χ4n) is 4.27. The quantitative estimate of drug-likeness (QED) is 0.712. The highest BCUT2D eigenvalue weighted by atomic mass is 15.2. The molecular weight excluding hydrogens is 316 g/mol. The molecule has 4 rings (SSSR count). The number of nitrogens with one attached hydrogen (secondary N) is 1. The monoisotopic (exact) mass is 342 g/mol. The van der Waals surface area contributed by atoms with Crippen molar-refractivity contribution in [3.05, 3.63) is 108 Å². The van der Waals surface area contributed by atoms with Crippen LogP contribution in [-0.2, 0) is 5.54 Å². The van der Waals surface area contributed by atoms with Crippen LogP contribution in [0.3, 0.4) is 0 Å². The minimum Gasteiger partial charge on any atom is -0.315 e. The van der Waals surface area contributed by atoms with Crippen LogP contribution in [0.4, 0.5) is 0 Å². The lowest BCUT2D eigenvalue weighted by atomic mass is 9.75. The van der Waals surface area contributed by atoms with E-state index in [-0.39, 0.29) is 5.54 Å². The van der Waals surface area contributed by atoms with Crippen LogP contribution in [0.5, 0.6) is 0 Å². The van der Waals surface area contributed by atoms with Gasteiger partial charge in [-0.25, -0.2) is 0 Å². The highest BCUT2D eigenvalue weighted by molar-refractivity contribution is 5.49. The second-order valence-corrected chi connectivity index (χ2v) is 6.90. The molecule has 0 spiro atoms. The molecule has 3 aromatic rings. The van der Waals surface area contributed by atoms with Crippen LogP contribution in [-0.4, -0.2) is 31.1 Å². The van der Waals surface area contributed by atoms with Crippen LogP contribution in [0.25, 0.3) is 0 Å². The van der Waals surface area contributed by atoms with Crippen LogP contribution in [0, 0.1) is 0 Å². The first-order valence-electron chi connectivity index (χ1n) is 9.55. The van der Waals surface area contributed by atoms with Crippen molar-refractivity contribution in [2.24, 2.45) is 0 Å². The van der Waals surface area contributed by atoms with E-state index in [1.165, 1.54) is 16.7 Å². The summed E-state index contributed by atoms with van der Waals surface area (Å²) < 4.78 is 0. The predicted octanol–water partition coefficient (Wildman–Crippen LogP) is 4.27. The summed E-state index contributed by atoms with van der Waals surface area (Å²) >= 11 is 0. The fourth-order valence-corrected chi connectivity index (χ4v) is 4.27. The Morgan fingerprint density at radius 2 is 1.04 bits per heavy atom. The summed E-state index contributed by atoms with van der Waals surface area (Å²) in [5.41, 5.74) is 3.73. The molecule has 2 heteroatoms. The van der Waals surface area contributed by atoms with Crippen molar-refractivity contribution in [3.63, 3.8) is 0 Å². The molecule has 0 atom stereocenters. The van der Waals surface area contributed by atoms with Gasteiger partial charge in [-0.3, -0.25) is 4.90 Å². The Hall–Kier alpha value is -2.42. The SMILES string of the molecule is c1ccc(C(c2ccccc2)(c2ccccc2)N2CCCNCC2)cc1. The molecule has 0 unspecified atom stereocenters. The lowest BCUT2D eigenvalue weighted by Gasteiger charge is -2.45. The first kappa shape index (κ1) is 17.0. The Morgan fingerprint density at radius 1 is 0.577 bits per heavy atom. The summed E-state index contributed by atoms with van der Waals surface area (Å²) in [5, 5.41) is 3.56. The van der Waals surface area contributed by atoms with Crippen LogP contribution in [0.2, 0.25) is 0 Å². The first-order valence-corrected chi connectivity index (χ1v) is 9.55. The van der Waals surface area contributed by atoms with E-state index in [1.54, 1.807) is 0 Å². The number of hydrogen-bond acceptors (Lipinski definition) is 2. The first-order chi connectivity index (χ1) is 12.9. The average Bonchev–Trinajstić information content (AvgIpc) is 3.01. The highest BCUT2D eigenvalue weighted by Gasteiger charge is 2.41. The van der Waals surface area contributed by atoms with Crippen molar-refractivity contribution in [3.8, 4) is 0 Å². The fraction of sp³-hybridized carbons (Fsp3) is 0.250. The zero-order valence-corrected chi connectivity index (χ0v) is 15.1. The maximum Gasteiger partial charge on any atom is 0.0973 e.